The Labute approximate surface area is 151 Å². The van der Waals surface area contributed by atoms with Crippen LogP contribution in [-0.2, 0) is 0 Å². The third-order valence-electron chi connectivity index (χ3n) is 4.44. The van der Waals surface area contributed by atoms with E-state index < -0.39 is 12.0 Å². The minimum atomic E-state index is -0.597. The van der Waals surface area contributed by atoms with Crippen LogP contribution in [0, 0.1) is 19.8 Å². The molecular formula is C20H19ClN2O2. The van der Waals surface area contributed by atoms with Gasteiger partial charge in [0.15, 0.2) is 5.78 Å². The van der Waals surface area contributed by atoms with E-state index in [2.05, 4.69) is 17.2 Å². The number of amides is 2. The van der Waals surface area contributed by atoms with Crippen molar-refractivity contribution in [1.29, 1.82) is 0 Å². The molecule has 0 radical (unpaired) electrons. The lowest BCUT2D eigenvalue weighted by Crippen LogP contribution is -2.50. The number of benzene rings is 2. The zero-order chi connectivity index (χ0) is 18.1. The molecule has 2 atom stereocenters. The molecule has 0 saturated carbocycles. The summed E-state index contributed by atoms with van der Waals surface area (Å²) >= 11 is 5.91. The van der Waals surface area contributed by atoms with Crippen LogP contribution < -0.4 is 10.6 Å². The van der Waals surface area contributed by atoms with Crippen LogP contribution >= 0.6 is 11.6 Å². The third-order valence-corrected chi connectivity index (χ3v) is 4.69. The van der Waals surface area contributed by atoms with Crippen LogP contribution in [0.3, 0.4) is 0 Å². The predicted molar refractivity (Wildman–Crippen MR) is 98.7 cm³/mol. The number of hydrogen-bond acceptors (Lipinski definition) is 2. The van der Waals surface area contributed by atoms with Gasteiger partial charge in [0.1, 0.15) is 0 Å². The van der Waals surface area contributed by atoms with Gasteiger partial charge in [-0.3, -0.25) is 4.79 Å². The van der Waals surface area contributed by atoms with Crippen LogP contribution in [0.2, 0.25) is 5.02 Å². The second-order valence-corrected chi connectivity index (χ2v) is 6.75. The zero-order valence-electron chi connectivity index (χ0n) is 14.1. The second-order valence-electron chi connectivity index (χ2n) is 6.31. The number of ketones is 1. The molecular weight excluding hydrogens is 336 g/mol. The van der Waals surface area contributed by atoms with Gasteiger partial charge in [0, 0.05) is 16.3 Å². The topological polar surface area (TPSA) is 58.2 Å². The maximum atomic E-state index is 13.1. The molecule has 0 bridgehead atoms. The number of nitrogens with one attached hydrogen (secondary N) is 2. The number of rotatable bonds is 3. The average molecular weight is 355 g/mol. The third kappa shape index (κ3) is 3.44. The molecule has 2 aromatic rings. The molecule has 2 amide bonds. The first-order valence-electron chi connectivity index (χ1n) is 8.00. The maximum absolute atomic E-state index is 13.1. The van der Waals surface area contributed by atoms with E-state index in [1.165, 1.54) is 0 Å². The molecule has 3 rings (SSSR count). The number of carbonyl (C=O) groups is 2. The summed E-state index contributed by atoms with van der Waals surface area (Å²) in [6, 6.07) is 11.9. The SMILES string of the molecule is C=C1NC(=O)N[C@@H](c2ccc(C)cc2C)[C@@H]1C(=O)c1ccc(Cl)cc1. The van der Waals surface area contributed by atoms with Crippen LogP contribution in [0.5, 0.6) is 0 Å². The van der Waals surface area contributed by atoms with Crippen LogP contribution in [0.15, 0.2) is 54.7 Å². The molecule has 5 heteroatoms. The standard InChI is InChI=1S/C20H19ClN2O2/c1-11-4-9-16(12(2)10-11)18-17(13(3)22-20(25)23-18)19(24)14-5-7-15(21)8-6-14/h4-10,17-18H,3H2,1-2H3,(H2,22,23,25)/t17-,18+/m1/s1. The molecule has 1 aliphatic heterocycles. The van der Waals surface area contributed by atoms with Gasteiger partial charge in [-0.1, -0.05) is 41.9 Å². The van der Waals surface area contributed by atoms with Crippen molar-refractivity contribution in [3.8, 4) is 0 Å². The van der Waals surface area contributed by atoms with Crippen molar-refractivity contribution < 1.29 is 9.59 Å². The van der Waals surface area contributed by atoms with Gasteiger partial charge in [-0.25, -0.2) is 4.79 Å². The van der Waals surface area contributed by atoms with Crippen molar-refractivity contribution in [2.45, 2.75) is 19.9 Å². The molecule has 1 saturated heterocycles. The highest BCUT2D eigenvalue weighted by Gasteiger charge is 2.38. The second kappa shape index (κ2) is 6.73. The summed E-state index contributed by atoms with van der Waals surface area (Å²) in [7, 11) is 0. The molecule has 0 aliphatic carbocycles. The van der Waals surface area contributed by atoms with E-state index in [0.717, 1.165) is 16.7 Å². The highest BCUT2D eigenvalue weighted by atomic mass is 35.5. The van der Waals surface area contributed by atoms with Crippen LogP contribution in [-0.4, -0.2) is 11.8 Å². The summed E-state index contributed by atoms with van der Waals surface area (Å²) < 4.78 is 0. The van der Waals surface area contributed by atoms with E-state index in [4.69, 9.17) is 11.6 Å². The number of urea groups is 1. The Hall–Kier alpha value is -2.59. The monoisotopic (exact) mass is 354 g/mol. The smallest absolute Gasteiger partial charge is 0.319 e. The molecule has 1 heterocycles. The van der Waals surface area contributed by atoms with Gasteiger partial charge >= 0.3 is 6.03 Å². The summed E-state index contributed by atoms with van der Waals surface area (Å²) in [5.74, 6) is -0.709. The number of hydrogen-bond donors (Lipinski definition) is 2. The fourth-order valence-electron chi connectivity index (χ4n) is 3.22. The quantitative estimate of drug-likeness (QED) is 0.806. The van der Waals surface area contributed by atoms with Crippen molar-refractivity contribution in [3.05, 3.63) is 82.0 Å². The Morgan fingerprint density at radius 3 is 2.44 bits per heavy atom. The summed E-state index contributed by atoms with van der Waals surface area (Å²) in [4.78, 5) is 25.1. The van der Waals surface area contributed by atoms with Crippen LogP contribution in [0.4, 0.5) is 4.79 Å². The number of carbonyl (C=O) groups excluding carboxylic acids is 2. The Kier molecular flexibility index (Phi) is 4.64. The Morgan fingerprint density at radius 2 is 1.80 bits per heavy atom. The zero-order valence-corrected chi connectivity index (χ0v) is 14.9. The summed E-state index contributed by atoms with van der Waals surface area (Å²) in [6.45, 7) is 7.90. The maximum Gasteiger partial charge on any atom is 0.319 e. The first kappa shape index (κ1) is 17.2. The van der Waals surface area contributed by atoms with Crippen LogP contribution in [0.25, 0.3) is 0 Å². The van der Waals surface area contributed by atoms with Crippen LogP contribution in [0.1, 0.15) is 33.1 Å². The fourth-order valence-corrected chi connectivity index (χ4v) is 3.35. The molecule has 1 fully saturated rings. The number of halogens is 1. The highest BCUT2D eigenvalue weighted by molar-refractivity contribution is 6.30. The molecule has 25 heavy (non-hydrogen) atoms. The van der Waals surface area contributed by atoms with E-state index in [1.807, 2.05) is 32.0 Å². The molecule has 1 aliphatic rings. The van der Waals surface area contributed by atoms with Crippen molar-refractivity contribution in [2.24, 2.45) is 5.92 Å². The highest BCUT2D eigenvalue weighted by Crippen LogP contribution is 2.34. The normalized spacial score (nSPS) is 20.0. The van der Waals surface area contributed by atoms with Crippen molar-refractivity contribution in [2.75, 3.05) is 0 Å². The number of Topliss-reactive ketones (excluding diaryl/α,β-unsaturated/α-hetero) is 1. The summed E-state index contributed by atoms with van der Waals surface area (Å²) in [5, 5.41) is 6.07. The first-order valence-corrected chi connectivity index (χ1v) is 8.38. The molecule has 4 nitrogen and oxygen atoms in total. The van der Waals surface area contributed by atoms with Gasteiger partial charge in [0.05, 0.1) is 12.0 Å². The predicted octanol–water partition coefficient (Wildman–Crippen LogP) is 4.32. The van der Waals surface area contributed by atoms with Gasteiger partial charge in [-0.15, -0.1) is 0 Å². The average Bonchev–Trinajstić information content (AvgIpc) is 2.54. The van der Waals surface area contributed by atoms with E-state index in [1.54, 1.807) is 24.3 Å². The van der Waals surface area contributed by atoms with E-state index in [-0.39, 0.29) is 11.8 Å². The summed E-state index contributed by atoms with van der Waals surface area (Å²) in [6.07, 6.45) is 0. The Balaban J connectivity index is 2.03. The Morgan fingerprint density at radius 1 is 1.12 bits per heavy atom. The van der Waals surface area contributed by atoms with Gasteiger partial charge in [0.2, 0.25) is 0 Å². The van der Waals surface area contributed by atoms with E-state index in [9.17, 15) is 9.59 Å². The Bertz CT molecular complexity index is 858. The fraction of sp³-hybridized carbons (Fsp3) is 0.200. The molecule has 0 aromatic heterocycles. The van der Waals surface area contributed by atoms with Crippen molar-refractivity contribution >= 4 is 23.4 Å². The number of aryl methyl sites for hydroxylation is 2. The minimum absolute atomic E-state index is 0.112. The van der Waals surface area contributed by atoms with Crippen molar-refractivity contribution in [1.82, 2.24) is 10.6 Å². The minimum Gasteiger partial charge on any atom is -0.330 e. The molecule has 2 N–H and O–H groups in total. The summed E-state index contributed by atoms with van der Waals surface area (Å²) in [5.41, 5.74) is 3.99. The van der Waals surface area contributed by atoms with E-state index >= 15 is 0 Å². The lowest BCUT2D eigenvalue weighted by Gasteiger charge is -2.34. The van der Waals surface area contributed by atoms with Crippen molar-refractivity contribution in [3.63, 3.8) is 0 Å². The molecule has 128 valence electrons. The van der Waals surface area contributed by atoms with Gasteiger partial charge in [0.25, 0.3) is 0 Å². The van der Waals surface area contributed by atoms with Gasteiger partial charge < -0.3 is 10.6 Å². The molecule has 2 aromatic carbocycles. The lowest BCUT2D eigenvalue weighted by atomic mass is 9.82. The molecule has 0 unspecified atom stereocenters. The largest absolute Gasteiger partial charge is 0.330 e. The lowest BCUT2D eigenvalue weighted by molar-refractivity contribution is 0.0905. The van der Waals surface area contributed by atoms with E-state index in [0.29, 0.717) is 16.3 Å². The van der Waals surface area contributed by atoms with Gasteiger partial charge in [-0.05, 0) is 49.2 Å². The van der Waals surface area contributed by atoms with Gasteiger partial charge in [-0.2, -0.15) is 0 Å². The first-order chi connectivity index (χ1) is 11.9. The molecule has 0 spiro atoms.